The third-order valence-corrected chi connectivity index (χ3v) is 6.13. The van der Waals surface area contributed by atoms with Gasteiger partial charge >= 0.3 is 5.97 Å². The minimum atomic E-state index is -0.434. The summed E-state index contributed by atoms with van der Waals surface area (Å²) in [5.41, 5.74) is 1.66. The number of esters is 1. The topological polar surface area (TPSA) is 58.8 Å². The highest BCUT2D eigenvalue weighted by atomic mass is 35.5. The van der Waals surface area contributed by atoms with E-state index < -0.39 is 5.97 Å². The Bertz CT molecular complexity index is 807. The first-order valence-corrected chi connectivity index (χ1v) is 10.4. The molecule has 0 unspecified atom stereocenters. The summed E-state index contributed by atoms with van der Waals surface area (Å²) in [6.07, 6.45) is 6.64. The molecule has 1 saturated heterocycles. The van der Waals surface area contributed by atoms with Crippen molar-refractivity contribution >= 4 is 23.5 Å². The maximum atomic E-state index is 12.5. The number of piperazine rings is 1. The van der Waals surface area contributed by atoms with Gasteiger partial charge in [-0.05, 0) is 25.0 Å². The van der Waals surface area contributed by atoms with Crippen LogP contribution in [0.3, 0.4) is 0 Å². The molecule has 0 bridgehead atoms. The summed E-state index contributed by atoms with van der Waals surface area (Å²) in [6.45, 7) is 3.58. The quantitative estimate of drug-likeness (QED) is 0.712. The van der Waals surface area contributed by atoms with Gasteiger partial charge in [0, 0.05) is 42.8 Å². The van der Waals surface area contributed by atoms with Gasteiger partial charge < -0.3 is 14.2 Å². The molecule has 2 heterocycles. The first kappa shape index (κ1) is 19.3. The van der Waals surface area contributed by atoms with Crippen LogP contribution in [0.2, 0.25) is 5.02 Å². The highest BCUT2D eigenvalue weighted by Gasteiger charge is 2.32. The molecule has 2 aliphatic rings. The molecule has 150 valence electrons. The SMILES string of the molecule is COC(=O)c1c(-c2ccc(Cl)cc2)noc1N1CCN(C2CCCCC2)CC1. The lowest BCUT2D eigenvalue weighted by atomic mass is 9.94. The molecule has 0 atom stereocenters. The molecule has 0 N–H and O–H groups in total. The van der Waals surface area contributed by atoms with Gasteiger partial charge in [0.25, 0.3) is 0 Å². The average Bonchev–Trinajstić information content (AvgIpc) is 3.19. The van der Waals surface area contributed by atoms with Crippen LogP contribution in [-0.4, -0.2) is 55.4 Å². The number of anilines is 1. The van der Waals surface area contributed by atoms with E-state index in [2.05, 4.69) is 15.0 Å². The molecular formula is C21H26ClN3O3. The second-order valence-corrected chi connectivity index (χ2v) is 7.96. The van der Waals surface area contributed by atoms with Crippen LogP contribution >= 0.6 is 11.6 Å². The van der Waals surface area contributed by atoms with Crippen LogP contribution < -0.4 is 4.90 Å². The second-order valence-electron chi connectivity index (χ2n) is 7.52. The van der Waals surface area contributed by atoms with Crippen molar-refractivity contribution in [3.63, 3.8) is 0 Å². The van der Waals surface area contributed by atoms with Gasteiger partial charge in [0.1, 0.15) is 5.69 Å². The molecule has 1 saturated carbocycles. The summed E-state index contributed by atoms with van der Waals surface area (Å²) in [6, 6.07) is 7.91. The van der Waals surface area contributed by atoms with Crippen molar-refractivity contribution in [2.45, 2.75) is 38.1 Å². The smallest absolute Gasteiger partial charge is 0.345 e. The largest absolute Gasteiger partial charge is 0.465 e. The summed E-state index contributed by atoms with van der Waals surface area (Å²) in [5.74, 6) is 0.0657. The van der Waals surface area contributed by atoms with Crippen molar-refractivity contribution in [2.75, 3.05) is 38.2 Å². The normalized spacial score (nSPS) is 19.0. The lowest BCUT2D eigenvalue weighted by Gasteiger charge is -2.40. The highest BCUT2D eigenvalue weighted by Crippen LogP contribution is 2.33. The van der Waals surface area contributed by atoms with Crippen molar-refractivity contribution in [2.24, 2.45) is 0 Å². The fourth-order valence-corrected chi connectivity index (χ4v) is 4.45. The van der Waals surface area contributed by atoms with Gasteiger partial charge in [0.15, 0.2) is 5.56 Å². The average molecular weight is 404 g/mol. The first-order chi connectivity index (χ1) is 13.7. The number of rotatable bonds is 4. The summed E-state index contributed by atoms with van der Waals surface area (Å²) in [4.78, 5) is 17.2. The maximum Gasteiger partial charge on any atom is 0.345 e. The van der Waals surface area contributed by atoms with Crippen LogP contribution in [0.1, 0.15) is 42.5 Å². The third kappa shape index (κ3) is 3.89. The first-order valence-electron chi connectivity index (χ1n) is 10.0. The Morgan fingerprint density at radius 3 is 2.43 bits per heavy atom. The lowest BCUT2D eigenvalue weighted by Crippen LogP contribution is -2.51. The number of aromatic nitrogens is 1. The Kier molecular flexibility index (Phi) is 5.87. The molecule has 0 amide bonds. The Labute approximate surface area is 170 Å². The van der Waals surface area contributed by atoms with Gasteiger partial charge in [-0.1, -0.05) is 48.2 Å². The molecular weight excluding hydrogens is 378 g/mol. The molecule has 1 aliphatic carbocycles. The number of ether oxygens (including phenoxy) is 1. The number of hydrogen-bond acceptors (Lipinski definition) is 6. The molecule has 1 aliphatic heterocycles. The number of methoxy groups -OCH3 is 1. The van der Waals surface area contributed by atoms with E-state index in [0.29, 0.717) is 28.2 Å². The molecule has 1 aromatic carbocycles. The fraction of sp³-hybridized carbons (Fsp3) is 0.524. The summed E-state index contributed by atoms with van der Waals surface area (Å²) >= 11 is 5.99. The Morgan fingerprint density at radius 1 is 1.11 bits per heavy atom. The van der Waals surface area contributed by atoms with E-state index in [1.165, 1.54) is 39.2 Å². The number of benzene rings is 1. The maximum absolute atomic E-state index is 12.5. The standard InChI is InChI=1S/C21H26ClN3O3/c1-27-21(26)18-19(15-7-9-16(22)10-8-15)23-28-20(18)25-13-11-24(12-14-25)17-5-3-2-4-6-17/h7-10,17H,2-6,11-14H2,1H3. The van der Waals surface area contributed by atoms with Gasteiger partial charge in [0.05, 0.1) is 7.11 Å². The van der Waals surface area contributed by atoms with Crippen molar-refractivity contribution in [3.8, 4) is 11.3 Å². The molecule has 0 radical (unpaired) electrons. The summed E-state index contributed by atoms with van der Waals surface area (Å²) in [5, 5.41) is 4.83. The minimum absolute atomic E-state index is 0.385. The molecule has 2 aromatic rings. The molecule has 28 heavy (non-hydrogen) atoms. The summed E-state index contributed by atoms with van der Waals surface area (Å²) in [7, 11) is 1.38. The monoisotopic (exact) mass is 403 g/mol. The zero-order valence-electron chi connectivity index (χ0n) is 16.2. The number of hydrogen-bond donors (Lipinski definition) is 0. The molecule has 0 spiro atoms. The molecule has 7 heteroatoms. The van der Waals surface area contributed by atoms with E-state index in [1.54, 1.807) is 12.1 Å². The van der Waals surface area contributed by atoms with Gasteiger partial charge in [0.2, 0.25) is 5.88 Å². The zero-order chi connectivity index (χ0) is 19.5. The Balaban J connectivity index is 1.54. The predicted octanol–water partition coefficient (Wildman–Crippen LogP) is 4.24. The van der Waals surface area contributed by atoms with Crippen molar-refractivity contribution in [1.82, 2.24) is 10.1 Å². The Hall–Kier alpha value is -2.05. The van der Waals surface area contributed by atoms with Gasteiger partial charge in [-0.3, -0.25) is 4.90 Å². The lowest BCUT2D eigenvalue weighted by molar-refractivity contribution is 0.0601. The molecule has 2 fully saturated rings. The van der Waals surface area contributed by atoms with E-state index in [0.717, 1.165) is 31.7 Å². The fourth-order valence-electron chi connectivity index (χ4n) is 4.32. The van der Waals surface area contributed by atoms with E-state index in [-0.39, 0.29) is 0 Å². The van der Waals surface area contributed by atoms with Crippen LogP contribution in [-0.2, 0) is 4.74 Å². The van der Waals surface area contributed by atoms with Crippen molar-refractivity contribution in [3.05, 3.63) is 34.9 Å². The van der Waals surface area contributed by atoms with Crippen LogP contribution in [0, 0.1) is 0 Å². The minimum Gasteiger partial charge on any atom is -0.465 e. The van der Waals surface area contributed by atoms with Crippen LogP contribution in [0.4, 0.5) is 5.88 Å². The van der Waals surface area contributed by atoms with Crippen molar-refractivity contribution in [1.29, 1.82) is 0 Å². The highest BCUT2D eigenvalue weighted by molar-refractivity contribution is 6.30. The van der Waals surface area contributed by atoms with E-state index >= 15 is 0 Å². The van der Waals surface area contributed by atoms with E-state index in [9.17, 15) is 4.79 Å². The zero-order valence-corrected chi connectivity index (χ0v) is 17.0. The van der Waals surface area contributed by atoms with Crippen LogP contribution in [0.25, 0.3) is 11.3 Å². The van der Waals surface area contributed by atoms with Gasteiger partial charge in [-0.15, -0.1) is 0 Å². The number of nitrogens with zero attached hydrogens (tertiary/aromatic N) is 3. The number of carbonyl (C=O) groups is 1. The molecule has 4 rings (SSSR count). The van der Waals surface area contributed by atoms with Gasteiger partial charge in [-0.25, -0.2) is 4.79 Å². The second kappa shape index (κ2) is 8.53. The predicted molar refractivity (Wildman–Crippen MR) is 109 cm³/mol. The summed E-state index contributed by atoms with van der Waals surface area (Å²) < 4.78 is 10.7. The third-order valence-electron chi connectivity index (χ3n) is 5.87. The number of carbonyl (C=O) groups excluding carboxylic acids is 1. The van der Waals surface area contributed by atoms with Crippen molar-refractivity contribution < 1.29 is 14.1 Å². The molecule has 6 nitrogen and oxygen atoms in total. The van der Waals surface area contributed by atoms with Crippen LogP contribution in [0.5, 0.6) is 0 Å². The van der Waals surface area contributed by atoms with E-state index in [1.807, 2.05) is 12.1 Å². The number of halogens is 1. The van der Waals surface area contributed by atoms with E-state index in [4.69, 9.17) is 20.9 Å². The Morgan fingerprint density at radius 2 is 1.79 bits per heavy atom. The van der Waals surface area contributed by atoms with Crippen LogP contribution in [0.15, 0.2) is 28.8 Å². The molecule has 1 aromatic heterocycles. The van der Waals surface area contributed by atoms with Gasteiger partial charge in [-0.2, -0.15) is 0 Å².